The number of unbranched alkanes of at least 4 members (excludes halogenated alkanes) is 23. The van der Waals surface area contributed by atoms with Gasteiger partial charge in [0.05, 0.1) is 0 Å². The molecule has 436 valence electrons. The summed E-state index contributed by atoms with van der Waals surface area (Å²) in [6.07, 6.45) is 90.1. The monoisotopic (exact) mass is 1060 g/mol. The molecule has 0 aromatic heterocycles. The van der Waals surface area contributed by atoms with Crippen LogP contribution in [0.5, 0.6) is 0 Å². The minimum absolute atomic E-state index is 0.0992. The fraction of sp³-hybridized carbons (Fsp3) is 0.648. The van der Waals surface area contributed by atoms with Crippen molar-refractivity contribution in [2.75, 3.05) is 13.2 Å². The van der Waals surface area contributed by atoms with E-state index in [2.05, 4.69) is 154 Å². The van der Waals surface area contributed by atoms with E-state index in [9.17, 15) is 14.4 Å². The zero-order valence-corrected chi connectivity index (χ0v) is 49.9. The fourth-order valence-electron chi connectivity index (χ4n) is 8.36. The van der Waals surface area contributed by atoms with Crippen molar-refractivity contribution >= 4 is 17.9 Å². The Morgan fingerprint density at radius 3 is 0.792 bits per heavy atom. The Labute approximate surface area is 475 Å². The molecule has 0 spiro atoms. The summed E-state index contributed by atoms with van der Waals surface area (Å²) in [5.41, 5.74) is 0. The molecule has 0 aromatic rings. The number of esters is 3. The van der Waals surface area contributed by atoms with Crippen molar-refractivity contribution in [1.82, 2.24) is 0 Å². The highest BCUT2D eigenvalue weighted by Gasteiger charge is 2.19. The van der Waals surface area contributed by atoms with Crippen LogP contribution in [0.2, 0.25) is 0 Å². The van der Waals surface area contributed by atoms with Gasteiger partial charge in [0, 0.05) is 19.3 Å². The molecule has 0 aromatic carbocycles. The van der Waals surface area contributed by atoms with Gasteiger partial charge in [0.1, 0.15) is 13.2 Å². The van der Waals surface area contributed by atoms with Crippen LogP contribution in [-0.2, 0) is 28.6 Å². The van der Waals surface area contributed by atoms with Crippen LogP contribution in [0.15, 0.2) is 134 Å². The van der Waals surface area contributed by atoms with Gasteiger partial charge >= 0.3 is 17.9 Å². The minimum atomic E-state index is -0.804. The molecule has 0 saturated carbocycles. The van der Waals surface area contributed by atoms with Crippen LogP contribution in [0.4, 0.5) is 0 Å². The summed E-state index contributed by atoms with van der Waals surface area (Å²) in [5.74, 6) is -0.938. The molecule has 1 atom stereocenters. The molecule has 0 rings (SSSR count). The molecule has 0 aliphatic rings. The highest BCUT2D eigenvalue weighted by Crippen LogP contribution is 2.14. The van der Waals surface area contributed by atoms with E-state index in [0.29, 0.717) is 19.3 Å². The maximum atomic E-state index is 12.9. The molecule has 0 aliphatic carbocycles. The standard InChI is InChI=1S/C71H116O6/c1-4-7-10-13-16-19-22-25-28-30-32-33-34-35-36-37-39-40-43-46-49-52-55-58-61-64-70(73)76-67-68(66-75-69(72)63-60-57-54-51-48-45-42-27-24-21-18-15-12-9-6-3)77-71(74)65-62-59-56-53-50-47-44-41-38-31-29-26-23-20-17-14-11-8-5-2/h7,10,16-21,25-29,32-33,35-36,38-42,68H,4-6,8-9,11-15,22-24,30-31,34,37,43-67H2,1-3H3/b10-7-,19-16-,20-17-,21-18-,28-25-,29-26-,33-32-,36-35-,40-39-,41-38-,42-27-. The lowest BCUT2D eigenvalue weighted by Gasteiger charge is -2.18. The normalized spacial score (nSPS) is 13.0. The summed E-state index contributed by atoms with van der Waals surface area (Å²) in [7, 11) is 0. The summed E-state index contributed by atoms with van der Waals surface area (Å²) in [6.45, 7) is 6.44. The quantitative estimate of drug-likeness (QED) is 0.0261. The second-order valence-corrected chi connectivity index (χ2v) is 20.6. The topological polar surface area (TPSA) is 78.9 Å². The summed E-state index contributed by atoms with van der Waals surface area (Å²) < 4.78 is 16.9. The summed E-state index contributed by atoms with van der Waals surface area (Å²) in [5, 5.41) is 0. The van der Waals surface area contributed by atoms with Crippen LogP contribution in [0, 0.1) is 0 Å². The van der Waals surface area contributed by atoms with E-state index < -0.39 is 6.10 Å². The Bertz CT molecular complexity index is 1650. The van der Waals surface area contributed by atoms with Crippen LogP contribution in [0.25, 0.3) is 0 Å². The molecule has 0 aliphatic heterocycles. The molecule has 0 radical (unpaired) electrons. The predicted molar refractivity (Wildman–Crippen MR) is 334 cm³/mol. The smallest absolute Gasteiger partial charge is 0.306 e. The van der Waals surface area contributed by atoms with Crippen molar-refractivity contribution in [1.29, 1.82) is 0 Å². The number of rotatable bonds is 56. The molecule has 0 bridgehead atoms. The minimum Gasteiger partial charge on any atom is -0.462 e. The van der Waals surface area contributed by atoms with E-state index >= 15 is 0 Å². The Morgan fingerprint density at radius 1 is 0.273 bits per heavy atom. The van der Waals surface area contributed by atoms with Crippen molar-refractivity contribution in [3.05, 3.63) is 134 Å². The molecular formula is C71H116O6. The van der Waals surface area contributed by atoms with Crippen molar-refractivity contribution in [3.8, 4) is 0 Å². The molecule has 1 unspecified atom stereocenters. The van der Waals surface area contributed by atoms with E-state index in [4.69, 9.17) is 14.2 Å². The Hall–Kier alpha value is -4.45. The molecule has 77 heavy (non-hydrogen) atoms. The van der Waals surface area contributed by atoms with Crippen LogP contribution < -0.4 is 0 Å². The maximum Gasteiger partial charge on any atom is 0.306 e. The van der Waals surface area contributed by atoms with Crippen molar-refractivity contribution in [2.45, 2.75) is 284 Å². The summed E-state index contributed by atoms with van der Waals surface area (Å²) in [4.78, 5) is 38.3. The van der Waals surface area contributed by atoms with Gasteiger partial charge in [-0.2, -0.15) is 0 Å². The summed E-state index contributed by atoms with van der Waals surface area (Å²) in [6, 6.07) is 0. The first-order valence-corrected chi connectivity index (χ1v) is 31.7. The molecule has 6 nitrogen and oxygen atoms in total. The number of ether oxygens (including phenoxy) is 3. The lowest BCUT2D eigenvalue weighted by molar-refractivity contribution is -0.167. The van der Waals surface area contributed by atoms with Gasteiger partial charge in [0.2, 0.25) is 0 Å². The number of allylic oxidation sites excluding steroid dienone is 22. The molecule has 0 heterocycles. The zero-order chi connectivity index (χ0) is 55.7. The summed E-state index contributed by atoms with van der Waals surface area (Å²) >= 11 is 0. The molecule has 0 fully saturated rings. The van der Waals surface area contributed by atoms with Gasteiger partial charge in [0.25, 0.3) is 0 Å². The second-order valence-electron chi connectivity index (χ2n) is 20.6. The molecular weight excluding hydrogens is 949 g/mol. The van der Waals surface area contributed by atoms with E-state index in [1.807, 2.05) is 0 Å². The second kappa shape index (κ2) is 64.1. The van der Waals surface area contributed by atoms with Crippen LogP contribution >= 0.6 is 0 Å². The van der Waals surface area contributed by atoms with Crippen LogP contribution in [0.1, 0.15) is 278 Å². The third kappa shape index (κ3) is 62.3. The van der Waals surface area contributed by atoms with E-state index in [1.165, 1.54) is 77.0 Å². The average Bonchev–Trinajstić information content (AvgIpc) is 3.43. The molecule has 0 amide bonds. The Balaban J connectivity index is 4.45. The molecule has 0 saturated heterocycles. The van der Waals surface area contributed by atoms with Crippen LogP contribution in [0.3, 0.4) is 0 Å². The maximum absolute atomic E-state index is 12.9. The van der Waals surface area contributed by atoms with Crippen LogP contribution in [-0.4, -0.2) is 37.2 Å². The largest absolute Gasteiger partial charge is 0.462 e. The fourth-order valence-corrected chi connectivity index (χ4v) is 8.36. The Morgan fingerprint density at radius 2 is 0.506 bits per heavy atom. The third-order valence-electron chi connectivity index (χ3n) is 13.1. The van der Waals surface area contributed by atoms with Gasteiger partial charge in [-0.1, -0.05) is 251 Å². The van der Waals surface area contributed by atoms with E-state index in [1.54, 1.807) is 0 Å². The predicted octanol–water partition coefficient (Wildman–Crippen LogP) is 21.8. The molecule has 0 N–H and O–H groups in total. The highest BCUT2D eigenvalue weighted by molar-refractivity contribution is 5.71. The van der Waals surface area contributed by atoms with Crippen molar-refractivity contribution < 1.29 is 28.6 Å². The van der Waals surface area contributed by atoms with Gasteiger partial charge in [-0.3, -0.25) is 14.4 Å². The zero-order valence-electron chi connectivity index (χ0n) is 49.9. The first-order valence-electron chi connectivity index (χ1n) is 31.7. The highest BCUT2D eigenvalue weighted by atomic mass is 16.6. The number of hydrogen-bond donors (Lipinski definition) is 0. The van der Waals surface area contributed by atoms with Gasteiger partial charge in [-0.15, -0.1) is 0 Å². The van der Waals surface area contributed by atoms with Gasteiger partial charge < -0.3 is 14.2 Å². The lowest BCUT2D eigenvalue weighted by Crippen LogP contribution is -2.30. The molecule has 6 heteroatoms. The van der Waals surface area contributed by atoms with E-state index in [-0.39, 0.29) is 31.1 Å². The van der Waals surface area contributed by atoms with Gasteiger partial charge in [0.15, 0.2) is 6.10 Å². The van der Waals surface area contributed by atoms with E-state index in [0.717, 1.165) is 161 Å². The van der Waals surface area contributed by atoms with Gasteiger partial charge in [-0.05, 0) is 141 Å². The van der Waals surface area contributed by atoms with Gasteiger partial charge in [-0.25, -0.2) is 0 Å². The third-order valence-corrected chi connectivity index (χ3v) is 13.1. The van der Waals surface area contributed by atoms with Crippen molar-refractivity contribution in [3.63, 3.8) is 0 Å². The first-order chi connectivity index (χ1) is 38.0. The lowest BCUT2D eigenvalue weighted by atomic mass is 10.1. The van der Waals surface area contributed by atoms with Crippen molar-refractivity contribution in [2.24, 2.45) is 0 Å². The SMILES string of the molecule is CC/C=C\C/C=C\C/C=C\C/C=C\C/C=C\C/C=C\CCCCCCCCC(=O)OCC(COC(=O)CCCCCCC/C=C\C/C=C\CCCCC)OC(=O)CCCCCCCC/C=C\C/C=C\C/C=C\CCCCC. The number of carbonyl (C=O) groups excluding carboxylic acids is 3. The number of carbonyl (C=O) groups is 3. The number of hydrogen-bond acceptors (Lipinski definition) is 6. The Kier molecular flexibility index (Phi) is 60.4. The average molecular weight is 1070 g/mol. The first kappa shape index (κ1) is 72.5.